The second-order valence-corrected chi connectivity index (χ2v) is 6.02. The zero-order valence-electron chi connectivity index (χ0n) is 15.3. The summed E-state index contributed by atoms with van der Waals surface area (Å²) >= 11 is 0. The average Bonchev–Trinajstić information content (AvgIpc) is 3.25. The number of ether oxygens (including phenoxy) is 1. The van der Waals surface area contributed by atoms with Crippen molar-refractivity contribution in [2.24, 2.45) is 10.8 Å². The first kappa shape index (κ1) is 18.9. The third kappa shape index (κ3) is 4.64. The predicted molar refractivity (Wildman–Crippen MR) is 107 cm³/mol. The smallest absolute Gasteiger partial charge is 0.273 e. The minimum atomic E-state index is -0.537. The van der Waals surface area contributed by atoms with Crippen LogP contribution < -0.4 is 15.9 Å². The minimum absolute atomic E-state index is 0.177. The number of nitrogens with one attached hydrogen (secondary N) is 1. The second kappa shape index (κ2) is 8.68. The van der Waals surface area contributed by atoms with Crippen molar-refractivity contribution >= 4 is 17.5 Å². The molecule has 1 heterocycles. The lowest BCUT2D eigenvalue weighted by Gasteiger charge is -2.10. The summed E-state index contributed by atoms with van der Waals surface area (Å²) in [4.78, 5) is 23.4. The van der Waals surface area contributed by atoms with Crippen molar-refractivity contribution in [3.05, 3.63) is 84.2 Å². The van der Waals surface area contributed by atoms with Crippen LogP contribution in [0.1, 0.15) is 22.8 Å². The van der Waals surface area contributed by atoms with E-state index in [4.69, 9.17) is 10.5 Å². The highest BCUT2D eigenvalue weighted by atomic mass is 16.5. The maximum absolute atomic E-state index is 12.6. The number of amides is 2. The fourth-order valence-corrected chi connectivity index (χ4v) is 2.59. The number of aromatic nitrogens is 1. The van der Waals surface area contributed by atoms with Gasteiger partial charge in [0.15, 0.2) is 6.61 Å². The highest BCUT2D eigenvalue weighted by molar-refractivity contribution is 6.02. The van der Waals surface area contributed by atoms with Gasteiger partial charge >= 0.3 is 0 Å². The monoisotopic (exact) mass is 376 g/mol. The maximum atomic E-state index is 12.6. The Morgan fingerprint density at radius 2 is 1.71 bits per heavy atom. The van der Waals surface area contributed by atoms with E-state index in [9.17, 15) is 9.59 Å². The van der Waals surface area contributed by atoms with E-state index in [-0.39, 0.29) is 12.5 Å². The zero-order chi connectivity index (χ0) is 19.9. The topological polar surface area (TPSA) is 98.7 Å². The Kier molecular flexibility index (Phi) is 5.86. The standard InChI is InChI=1S/C21H20N4O3/c1-15(16-8-10-17(11-9-16)28-14-20(22)26)23-24-21(27)18-6-2-3-7-19(18)25-12-4-5-13-25/h2-13H,14H2,1H3,(H2,22,26)(H,24,27)/b23-15+. The molecule has 7 heteroatoms. The Hall–Kier alpha value is -3.87. The summed E-state index contributed by atoms with van der Waals surface area (Å²) in [6.07, 6.45) is 3.75. The van der Waals surface area contributed by atoms with Gasteiger partial charge in [-0.1, -0.05) is 12.1 Å². The van der Waals surface area contributed by atoms with E-state index < -0.39 is 5.91 Å². The van der Waals surface area contributed by atoms with Gasteiger partial charge in [0.1, 0.15) is 5.75 Å². The van der Waals surface area contributed by atoms with Gasteiger partial charge in [-0.25, -0.2) is 5.43 Å². The minimum Gasteiger partial charge on any atom is -0.484 e. The zero-order valence-corrected chi connectivity index (χ0v) is 15.3. The van der Waals surface area contributed by atoms with E-state index >= 15 is 0 Å². The van der Waals surface area contributed by atoms with Gasteiger partial charge in [0, 0.05) is 12.4 Å². The molecule has 0 radical (unpaired) electrons. The van der Waals surface area contributed by atoms with Crippen molar-refractivity contribution in [1.82, 2.24) is 9.99 Å². The van der Waals surface area contributed by atoms with Crippen LogP contribution in [0.25, 0.3) is 5.69 Å². The third-order valence-corrected chi connectivity index (χ3v) is 4.01. The van der Waals surface area contributed by atoms with Crippen LogP contribution >= 0.6 is 0 Å². The molecule has 0 saturated heterocycles. The van der Waals surface area contributed by atoms with Gasteiger partial charge in [-0.15, -0.1) is 0 Å². The fourth-order valence-electron chi connectivity index (χ4n) is 2.59. The van der Waals surface area contributed by atoms with Crippen LogP contribution in [0.15, 0.2) is 78.2 Å². The van der Waals surface area contributed by atoms with Crippen LogP contribution in [-0.4, -0.2) is 28.7 Å². The molecule has 0 aliphatic rings. The summed E-state index contributed by atoms with van der Waals surface area (Å²) in [5, 5.41) is 4.19. The first-order chi connectivity index (χ1) is 13.5. The lowest BCUT2D eigenvalue weighted by Crippen LogP contribution is -2.21. The molecule has 1 aromatic heterocycles. The maximum Gasteiger partial charge on any atom is 0.273 e. The summed E-state index contributed by atoms with van der Waals surface area (Å²) in [5.41, 5.74) is 10.4. The van der Waals surface area contributed by atoms with Gasteiger partial charge in [0.05, 0.1) is 17.0 Å². The van der Waals surface area contributed by atoms with Gasteiger partial charge in [0.25, 0.3) is 11.8 Å². The summed E-state index contributed by atoms with van der Waals surface area (Å²) < 4.78 is 7.09. The van der Waals surface area contributed by atoms with E-state index in [2.05, 4.69) is 10.5 Å². The van der Waals surface area contributed by atoms with Crippen LogP contribution in [0.5, 0.6) is 5.75 Å². The number of nitrogens with two attached hydrogens (primary N) is 1. The number of benzene rings is 2. The summed E-state index contributed by atoms with van der Waals surface area (Å²) in [7, 11) is 0. The number of carbonyl (C=O) groups is 2. The molecule has 0 spiro atoms. The number of carbonyl (C=O) groups excluding carboxylic acids is 2. The predicted octanol–water partition coefficient (Wildman–Crippen LogP) is 2.50. The number of rotatable bonds is 7. The van der Waals surface area contributed by atoms with E-state index in [0.717, 1.165) is 11.3 Å². The van der Waals surface area contributed by atoms with Crippen LogP contribution in [-0.2, 0) is 4.79 Å². The van der Waals surface area contributed by atoms with Crippen LogP contribution in [0.2, 0.25) is 0 Å². The molecule has 2 aromatic carbocycles. The van der Waals surface area contributed by atoms with Crippen molar-refractivity contribution in [3.8, 4) is 11.4 Å². The molecule has 0 aliphatic carbocycles. The van der Waals surface area contributed by atoms with Crippen LogP contribution in [0.4, 0.5) is 0 Å². The molecule has 0 atom stereocenters. The van der Waals surface area contributed by atoms with Gasteiger partial charge < -0.3 is 15.0 Å². The normalized spacial score (nSPS) is 11.1. The highest BCUT2D eigenvalue weighted by Gasteiger charge is 2.11. The number of hydrogen-bond acceptors (Lipinski definition) is 4. The van der Waals surface area contributed by atoms with Crippen LogP contribution in [0, 0.1) is 0 Å². The SMILES string of the molecule is C/C(=N\NC(=O)c1ccccc1-n1cccc1)c1ccc(OCC(N)=O)cc1. The van der Waals surface area contributed by atoms with Gasteiger partial charge in [0.2, 0.25) is 0 Å². The second-order valence-electron chi connectivity index (χ2n) is 6.02. The van der Waals surface area contributed by atoms with E-state index in [0.29, 0.717) is 17.0 Å². The molecule has 0 bridgehead atoms. The number of nitrogens with zero attached hydrogens (tertiary/aromatic N) is 2. The fraction of sp³-hybridized carbons (Fsp3) is 0.0952. The van der Waals surface area contributed by atoms with Crippen LogP contribution in [0.3, 0.4) is 0 Å². The van der Waals surface area contributed by atoms with E-state index in [1.165, 1.54) is 0 Å². The van der Waals surface area contributed by atoms with E-state index in [1.54, 1.807) is 37.3 Å². The lowest BCUT2D eigenvalue weighted by molar-refractivity contribution is -0.119. The van der Waals surface area contributed by atoms with Crippen molar-refractivity contribution in [2.75, 3.05) is 6.61 Å². The first-order valence-corrected chi connectivity index (χ1v) is 8.63. The lowest BCUT2D eigenvalue weighted by atomic mass is 10.1. The van der Waals surface area contributed by atoms with E-state index in [1.807, 2.05) is 47.3 Å². The van der Waals surface area contributed by atoms with Gasteiger partial charge in [-0.05, 0) is 61.0 Å². The molecule has 0 saturated carbocycles. The highest BCUT2D eigenvalue weighted by Crippen LogP contribution is 2.15. The van der Waals surface area contributed by atoms with Gasteiger partial charge in [-0.2, -0.15) is 5.10 Å². The number of hydrogen-bond donors (Lipinski definition) is 2. The summed E-state index contributed by atoms with van der Waals surface area (Å²) in [6.45, 7) is 1.61. The van der Waals surface area contributed by atoms with Crippen molar-refractivity contribution in [1.29, 1.82) is 0 Å². The first-order valence-electron chi connectivity index (χ1n) is 8.63. The molecular formula is C21H20N4O3. The summed E-state index contributed by atoms with van der Waals surface area (Å²) in [6, 6.07) is 18.1. The molecule has 0 aliphatic heterocycles. The summed E-state index contributed by atoms with van der Waals surface area (Å²) in [5.74, 6) is -0.310. The molecule has 3 aromatic rings. The molecular weight excluding hydrogens is 356 g/mol. The number of primary amides is 1. The largest absolute Gasteiger partial charge is 0.484 e. The van der Waals surface area contributed by atoms with Crippen molar-refractivity contribution < 1.29 is 14.3 Å². The molecule has 2 amide bonds. The molecule has 0 unspecified atom stereocenters. The number of hydrazone groups is 1. The Morgan fingerprint density at radius 1 is 1.04 bits per heavy atom. The van der Waals surface area contributed by atoms with Gasteiger partial charge in [-0.3, -0.25) is 9.59 Å². The quantitative estimate of drug-likeness (QED) is 0.489. The Labute approximate surface area is 162 Å². The van der Waals surface area contributed by atoms with Crippen molar-refractivity contribution in [3.63, 3.8) is 0 Å². The Bertz CT molecular complexity index is 993. The molecule has 0 fully saturated rings. The molecule has 142 valence electrons. The third-order valence-electron chi connectivity index (χ3n) is 4.01. The Balaban J connectivity index is 1.70. The Morgan fingerprint density at radius 3 is 2.39 bits per heavy atom. The molecule has 28 heavy (non-hydrogen) atoms. The molecule has 3 N–H and O–H groups in total. The van der Waals surface area contributed by atoms with Crippen molar-refractivity contribution in [2.45, 2.75) is 6.92 Å². The number of para-hydroxylation sites is 1. The molecule has 3 rings (SSSR count). The average molecular weight is 376 g/mol. The molecule has 7 nitrogen and oxygen atoms in total.